The number of rotatable bonds is 10. The van der Waals surface area contributed by atoms with Crippen LogP contribution < -0.4 is 10.5 Å². The van der Waals surface area contributed by atoms with Crippen molar-refractivity contribution < 1.29 is 41.3 Å². The summed E-state index contributed by atoms with van der Waals surface area (Å²) in [5.41, 5.74) is 3.69. The molecule has 0 saturated carbocycles. The number of halogens is 6. The van der Waals surface area contributed by atoms with E-state index in [0.717, 1.165) is 18.2 Å². The maximum absolute atomic E-state index is 13.5. The lowest BCUT2D eigenvalue weighted by atomic mass is 9.93. The van der Waals surface area contributed by atoms with Gasteiger partial charge in [0.05, 0.1) is 36.5 Å². The van der Waals surface area contributed by atoms with Gasteiger partial charge in [0.1, 0.15) is 5.75 Å². The number of ether oxygens (including phenoxy) is 1. The largest absolute Gasteiger partial charge is 0.493 e. The zero-order valence-electron chi connectivity index (χ0n) is 17.1. The Balaban J connectivity index is 1.98. The Labute approximate surface area is 181 Å². The number of hydrogen-bond donors (Lipinski definition) is 3. The van der Waals surface area contributed by atoms with E-state index >= 15 is 0 Å². The zero-order chi connectivity index (χ0) is 24.0. The average molecular weight is 465 g/mol. The highest BCUT2D eigenvalue weighted by molar-refractivity contribution is 5.39. The second kappa shape index (κ2) is 10.5. The molecular weight excluding hydrogens is 440 g/mol. The first-order valence-corrected chi connectivity index (χ1v) is 9.87. The molecule has 4 N–H and O–H groups in total. The Hall–Kier alpha value is -2.30. The van der Waals surface area contributed by atoms with Crippen molar-refractivity contribution >= 4 is 0 Å². The predicted octanol–water partition coefficient (Wildman–Crippen LogP) is 4.35. The maximum Gasteiger partial charge on any atom is 0.419 e. The van der Waals surface area contributed by atoms with Gasteiger partial charge in [-0.05, 0) is 61.1 Å². The van der Waals surface area contributed by atoms with Gasteiger partial charge < -0.3 is 20.7 Å². The molecule has 0 saturated heterocycles. The number of aliphatic hydroxyl groups excluding tert-OH is 2. The summed E-state index contributed by atoms with van der Waals surface area (Å²) in [5.74, 6) is -0.350. The smallest absolute Gasteiger partial charge is 0.419 e. The number of nitrogens with two attached hydrogens (primary N) is 1. The summed E-state index contributed by atoms with van der Waals surface area (Å²) < 4.78 is 83.4. The third kappa shape index (κ3) is 7.39. The molecule has 0 spiro atoms. The van der Waals surface area contributed by atoms with E-state index in [1.807, 2.05) is 0 Å². The lowest BCUT2D eigenvalue weighted by molar-refractivity contribution is -0.139. The molecule has 178 valence electrons. The van der Waals surface area contributed by atoms with Crippen molar-refractivity contribution in [1.82, 2.24) is 0 Å². The summed E-state index contributed by atoms with van der Waals surface area (Å²) in [5, 5.41) is 18.4. The number of benzene rings is 2. The highest BCUT2D eigenvalue weighted by Crippen LogP contribution is 2.37. The van der Waals surface area contributed by atoms with Gasteiger partial charge in [0.25, 0.3) is 0 Å². The molecule has 0 radical (unpaired) electrons. The van der Waals surface area contributed by atoms with E-state index in [2.05, 4.69) is 0 Å². The molecule has 0 heterocycles. The van der Waals surface area contributed by atoms with Crippen LogP contribution in [0.15, 0.2) is 42.5 Å². The van der Waals surface area contributed by atoms with Gasteiger partial charge in [-0.1, -0.05) is 18.2 Å². The molecule has 4 nitrogen and oxygen atoms in total. The first-order valence-electron chi connectivity index (χ1n) is 9.87. The first-order chi connectivity index (χ1) is 14.9. The fourth-order valence-electron chi connectivity index (χ4n) is 3.00. The second-order valence-electron chi connectivity index (χ2n) is 7.65. The Kier molecular flexibility index (Phi) is 8.55. The highest BCUT2D eigenvalue weighted by Gasteiger charge is 2.35. The monoisotopic (exact) mass is 465 g/mol. The number of aliphatic hydroxyl groups is 2. The number of alkyl halides is 6. The van der Waals surface area contributed by atoms with Crippen molar-refractivity contribution in [2.75, 3.05) is 19.8 Å². The molecule has 10 heteroatoms. The van der Waals surface area contributed by atoms with E-state index in [1.54, 1.807) is 0 Å². The lowest BCUT2D eigenvalue weighted by Crippen LogP contribution is -2.47. The van der Waals surface area contributed by atoms with Gasteiger partial charge in [-0.3, -0.25) is 0 Å². The van der Waals surface area contributed by atoms with Gasteiger partial charge in [0, 0.05) is 0 Å². The van der Waals surface area contributed by atoms with Crippen molar-refractivity contribution in [1.29, 1.82) is 0 Å². The van der Waals surface area contributed by atoms with Gasteiger partial charge in [-0.25, -0.2) is 0 Å². The van der Waals surface area contributed by atoms with E-state index in [9.17, 15) is 36.6 Å². The molecule has 2 aromatic carbocycles. The maximum atomic E-state index is 13.5. The number of hydrogen-bond acceptors (Lipinski definition) is 4. The molecule has 2 aromatic rings. The van der Waals surface area contributed by atoms with Gasteiger partial charge in [-0.15, -0.1) is 0 Å². The van der Waals surface area contributed by atoms with E-state index in [0.29, 0.717) is 24.0 Å². The third-order valence-electron chi connectivity index (χ3n) is 5.04. The zero-order valence-corrected chi connectivity index (χ0v) is 17.1. The average Bonchev–Trinajstić information content (AvgIpc) is 2.74. The molecule has 2 rings (SSSR count). The quantitative estimate of drug-likeness (QED) is 0.360. The molecule has 0 aliphatic heterocycles. The van der Waals surface area contributed by atoms with E-state index < -0.39 is 42.2 Å². The van der Waals surface area contributed by atoms with Crippen LogP contribution >= 0.6 is 0 Å². The van der Waals surface area contributed by atoms with Crippen molar-refractivity contribution in [3.05, 3.63) is 64.7 Å². The van der Waals surface area contributed by atoms with Crippen molar-refractivity contribution in [2.24, 2.45) is 5.73 Å². The van der Waals surface area contributed by atoms with Crippen LogP contribution in [0.25, 0.3) is 0 Å². The third-order valence-corrected chi connectivity index (χ3v) is 5.04. The van der Waals surface area contributed by atoms with Crippen LogP contribution in [0.5, 0.6) is 5.75 Å². The highest BCUT2D eigenvalue weighted by atomic mass is 19.4. The summed E-state index contributed by atoms with van der Waals surface area (Å²) in [6.45, 7) is -1.06. The van der Waals surface area contributed by atoms with Crippen LogP contribution in [0.3, 0.4) is 0 Å². The molecule has 0 aromatic heterocycles. The molecular formula is C22H25F6NO3. The molecule has 0 bridgehead atoms. The van der Waals surface area contributed by atoms with Crippen LogP contribution in [-0.2, 0) is 25.2 Å². The van der Waals surface area contributed by atoms with Crippen molar-refractivity contribution in [3.63, 3.8) is 0 Å². The van der Waals surface area contributed by atoms with Gasteiger partial charge in [0.15, 0.2) is 0 Å². The van der Waals surface area contributed by atoms with Crippen LogP contribution in [0, 0.1) is 0 Å². The Morgan fingerprint density at radius 3 is 1.91 bits per heavy atom. The van der Waals surface area contributed by atoms with Crippen molar-refractivity contribution in [2.45, 2.75) is 43.6 Å². The van der Waals surface area contributed by atoms with Crippen LogP contribution in [0.2, 0.25) is 0 Å². The van der Waals surface area contributed by atoms with E-state index in [-0.39, 0.29) is 25.2 Å². The molecule has 0 aliphatic rings. The Bertz CT molecular complexity index is 861. The van der Waals surface area contributed by atoms with Crippen LogP contribution in [0.1, 0.15) is 35.1 Å². The summed E-state index contributed by atoms with van der Waals surface area (Å²) in [4.78, 5) is 0. The lowest BCUT2D eigenvalue weighted by Gasteiger charge is -2.24. The SMILES string of the molecule is NC(CO)(CO)CCc1ccc(OCCCc2ccc(C(F)(F)F)cc2)c(C(F)(F)F)c1. The van der Waals surface area contributed by atoms with Gasteiger partial charge >= 0.3 is 12.4 Å². The van der Waals surface area contributed by atoms with Gasteiger partial charge in [-0.2, -0.15) is 26.3 Å². The fraction of sp³-hybridized carbons (Fsp3) is 0.455. The summed E-state index contributed by atoms with van der Waals surface area (Å²) >= 11 is 0. The first kappa shape index (κ1) is 26.0. The fourth-order valence-corrected chi connectivity index (χ4v) is 3.00. The van der Waals surface area contributed by atoms with Crippen LogP contribution in [0.4, 0.5) is 26.3 Å². The molecule has 0 unspecified atom stereocenters. The van der Waals surface area contributed by atoms with Gasteiger partial charge in [0.2, 0.25) is 0 Å². The molecule has 32 heavy (non-hydrogen) atoms. The Morgan fingerprint density at radius 2 is 1.38 bits per heavy atom. The minimum atomic E-state index is -4.66. The second-order valence-corrected chi connectivity index (χ2v) is 7.65. The normalized spacial score (nSPS) is 12.8. The molecule has 0 amide bonds. The molecule has 0 fully saturated rings. The summed E-state index contributed by atoms with van der Waals surface area (Å²) in [7, 11) is 0. The van der Waals surface area contributed by atoms with Crippen LogP contribution in [-0.4, -0.2) is 35.6 Å². The van der Waals surface area contributed by atoms with Crippen molar-refractivity contribution in [3.8, 4) is 5.75 Å². The minimum Gasteiger partial charge on any atom is -0.493 e. The minimum absolute atomic E-state index is 0.0512. The molecule has 0 atom stereocenters. The van der Waals surface area contributed by atoms with E-state index in [1.165, 1.54) is 24.3 Å². The topological polar surface area (TPSA) is 75.7 Å². The summed E-state index contributed by atoms with van der Waals surface area (Å²) in [6.07, 6.45) is -8.22. The predicted molar refractivity (Wildman–Crippen MR) is 106 cm³/mol. The van der Waals surface area contributed by atoms with E-state index in [4.69, 9.17) is 10.5 Å². The Morgan fingerprint density at radius 1 is 0.781 bits per heavy atom. The standard InChI is InChI=1S/C22H25F6NO3/c23-21(24,25)17-6-3-15(4-7-17)2-1-11-32-19-8-5-16(12-18(19)22(26,27)28)9-10-20(29,13-30)14-31/h3-8,12,30-31H,1-2,9-11,13-14,29H2. The summed E-state index contributed by atoms with van der Waals surface area (Å²) in [6, 6.07) is 8.17. The number of aryl methyl sites for hydroxylation is 2. The molecule has 0 aliphatic carbocycles.